The van der Waals surface area contributed by atoms with E-state index in [4.69, 9.17) is 0 Å². The van der Waals surface area contributed by atoms with E-state index < -0.39 is 6.36 Å². The van der Waals surface area contributed by atoms with Crippen LogP contribution in [0.3, 0.4) is 0 Å². The Morgan fingerprint density at radius 2 is 2.15 bits per heavy atom. The topological polar surface area (TPSA) is 21.3 Å². The molecule has 0 bridgehead atoms. The molecular weight excluding hydrogens is 307 g/mol. The lowest BCUT2D eigenvalue weighted by Crippen LogP contribution is -2.28. The van der Waals surface area contributed by atoms with Gasteiger partial charge in [0.05, 0.1) is 0 Å². The monoisotopic (exact) mass is 323 g/mol. The molecule has 1 fully saturated rings. The van der Waals surface area contributed by atoms with Crippen molar-refractivity contribution in [2.45, 2.75) is 18.2 Å². The Bertz CT molecular complexity index is 422. The van der Waals surface area contributed by atoms with E-state index in [0.29, 0.717) is 11.8 Å². The van der Waals surface area contributed by atoms with Crippen LogP contribution in [-0.4, -0.2) is 35.4 Å². The van der Waals surface area contributed by atoms with Gasteiger partial charge in [-0.25, -0.2) is 0 Å². The number of ether oxygens (including phenoxy) is 1. The van der Waals surface area contributed by atoms with Gasteiger partial charge in [0.1, 0.15) is 5.75 Å². The fourth-order valence-electron chi connectivity index (χ4n) is 1.88. The number of halogens is 3. The first kappa shape index (κ1) is 15.9. The second-order valence-electron chi connectivity index (χ2n) is 4.39. The molecule has 1 unspecified atom stereocenters. The molecule has 2 nitrogen and oxygen atoms in total. The quantitative estimate of drug-likeness (QED) is 0.894. The highest BCUT2D eigenvalue weighted by molar-refractivity contribution is 8.06. The number of thioether (sulfide) groups is 2. The molecule has 1 heterocycles. The Hall–Kier alpha value is -0.530. The Labute approximate surface area is 124 Å². The summed E-state index contributed by atoms with van der Waals surface area (Å²) in [7, 11) is 0. The number of rotatable bonds is 5. The predicted molar refractivity (Wildman–Crippen MR) is 78.4 cm³/mol. The predicted octanol–water partition coefficient (Wildman–Crippen LogP) is 3.52. The molecule has 1 atom stereocenters. The van der Waals surface area contributed by atoms with Gasteiger partial charge in [-0.15, -0.1) is 13.2 Å². The number of alkyl halides is 3. The first-order valence-corrected chi connectivity index (χ1v) is 8.48. The highest BCUT2D eigenvalue weighted by Crippen LogP contribution is 2.24. The maximum Gasteiger partial charge on any atom is 0.573 e. The average molecular weight is 323 g/mol. The summed E-state index contributed by atoms with van der Waals surface area (Å²) >= 11 is 3.90. The van der Waals surface area contributed by atoms with Crippen molar-refractivity contribution in [2.24, 2.45) is 0 Å². The van der Waals surface area contributed by atoms with Gasteiger partial charge in [0, 0.05) is 35.6 Å². The van der Waals surface area contributed by atoms with Crippen LogP contribution >= 0.6 is 23.5 Å². The van der Waals surface area contributed by atoms with Gasteiger partial charge in [0.15, 0.2) is 0 Å². The minimum absolute atomic E-state index is 0.167. The zero-order chi connectivity index (χ0) is 14.4. The van der Waals surface area contributed by atoms with Crippen LogP contribution in [0, 0.1) is 0 Å². The Kier molecular flexibility index (Phi) is 5.92. The summed E-state index contributed by atoms with van der Waals surface area (Å²) < 4.78 is 40.3. The molecule has 0 aromatic heterocycles. The largest absolute Gasteiger partial charge is 0.573 e. The van der Waals surface area contributed by atoms with Gasteiger partial charge in [-0.05, 0) is 17.7 Å². The van der Waals surface area contributed by atoms with E-state index in [9.17, 15) is 13.2 Å². The smallest absolute Gasteiger partial charge is 0.406 e. The Morgan fingerprint density at radius 1 is 1.30 bits per heavy atom. The van der Waals surface area contributed by atoms with Gasteiger partial charge < -0.3 is 10.1 Å². The standard InChI is InChI=1S/C13H16F3NOS2/c14-13(15,16)18-11-3-1-2-10(6-11)7-17-8-12-9-19-4-5-20-12/h1-3,6,12,17H,4-5,7-9H2. The van der Waals surface area contributed by atoms with Crippen LogP contribution in [0.2, 0.25) is 0 Å². The summed E-state index contributed by atoms with van der Waals surface area (Å²) in [6.07, 6.45) is -4.64. The highest BCUT2D eigenvalue weighted by Gasteiger charge is 2.31. The summed E-state index contributed by atoms with van der Waals surface area (Å²) in [6.45, 7) is 1.43. The van der Waals surface area contributed by atoms with Crippen LogP contribution in [0.4, 0.5) is 13.2 Å². The van der Waals surface area contributed by atoms with Gasteiger partial charge in [0.25, 0.3) is 0 Å². The fraction of sp³-hybridized carbons (Fsp3) is 0.538. The molecule has 0 radical (unpaired) electrons. The van der Waals surface area contributed by atoms with Crippen LogP contribution in [-0.2, 0) is 6.54 Å². The zero-order valence-electron chi connectivity index (χ0n) is 10.8. The maximum atomic E-state index is 12.1. The summed E-state index contributed by atoms with van der Waals surface area (Å²) in [4.78, 5) is 0. The lowest BCUT2D eigenvalue weighted by Gasteiger charge is -2.21. The molecule has 0 amide bonds. The number of hydrogen-bond acceptors (Lipinski definition) is 4. The van der Waals surface area contributed by atoms with Crippen molar-refractivity contribution >= 4 is 23.5 Å². The Balaban J connectivity index is 1.79. The van der Waals surface area contributed by atoms with Crippen molar-refractivity contribution in [3.05, 3.63) is 29.8 Å². The van der Waals surface area contributed by atoms with Crippen molar-refractivity contribution < 1.29 is 17.9 Å². The fourth-order valence-corrected chi connectivity index (χ4v) is 4.53. The van der Waals surface area contributed by atoms with E-state index in [1.807, 2.05) is 23.5 Å². The third kappa shape index (κ3) is 5.85. The lowest BCUT2D eigenvalue weighted by molar-refractivity contribution is -0.274. The lowest BCUT2D eigenvalue weighted by atomic mass is 10.2. The van der Waals surface area contributed by atoms with Crippen molar-refractivity contribution in [3.63, 3.8) is 0 Å². The van der Waals surface area contributed by atoms with Crippen molar-refractivity contribution in [1.29, 1.82) is 0 Å². The molecular formula is C13H16F3NOS2. The molecule has 0 aliphatic carbocycles. The third-order valence-electron chi connectivity index (χ3n) is 2.72. The van der Waals surface area contributed by atoms with Gasteiger partial charge in [0.2, 0.25) is 0 Å². The van der Waals surface area contributed by atoms with Crippen LogP contribution < -0.4 is 10.1 Å². The number of benzene rings is 1. The van der Waals surface area contributed by atoms with Gasteiger partial charge >= 0.3 is 6.36 Å². The van der Waals surface area contributed by atoms with E-state index in [1.54, 1.807) is 12.1 Å². The summed E-state index contributed by atoms with van der Waals surface area (Å²) in [6, 6.07) is 6.09. The van der Waals surface area contributed by atoms with Crippen molar-refractivity contribution in [1.82, 2.24) is 5.32 Å². The highest BCUT2D eigenvalue weighted by atomic mass is 32.2. The molecule has 20 heavy (non-hydrogen) atoms. The Morgan fingerprint density at radius 3 is 2.85 bits per heavy atom. The molecule has 7 heteroatoms. The summed E-state index contributed by atoms with van der Waals surface area (Å²) in [5, 5.41) is 3.88. The maximum absolute atomic E-state index is 12.1. The SMILES string of the molecule is FC(F)(F)Oc1cccc(CNCC2CSCCS2)c1. The normalized spacial score (nSPS) is 19.9. The summed E-state index contributed by atoms with van der Waals surface area (Å²) in [5.74, 6) is 3.35. The van der Waals surface area contributed by atoms with E-state index in [0.717, 1.165) is 17.9 Å². The molecule has 0 spiro atoms. The molecule has 1 aromatic carbocycles. The molecule has 2 rings (SSSR count). The van der Waals surface area contributed by atoms with E-state index in [2.05, 4.69) is 10.1 Å². The van der Waals surface area contributed by atoms with Gasteiger partial charge in [-0.1, -0.05) is 12.1 Å². The number of nitrogens with one attached hydrogen (secondary N) is 1. The molecule has 1 aliphatic heterocycles. The first-order valence-electron chi connectivity index (χ1n) is 6.28. The second kappa shape index (κ2) is 7.47. The van der Waals surface area contributed by atoms with E-state index >= 15 is 0 Å². The molecule has 1 aromatic rings. The molecule has 1 N–H and O–H groups in total. The summed E-state index contributed by atoms with van der Waals surface area (Å²) in [5.41, 5.74) is 0.792. The van der Waals surface area contributed by atoms with Crippen molar-refractivity contribution in [2.75, 3.05) is 23.8 Å². The molecule has 112 valence electrons. The van der Waals surface area contributed by atoms with Gasteiger partial charge in [-0.2, -0.15) is 23.5 Å². The number of hydrogen-bond donors (Lipinski definition) is 1. The van der Waals surface area contributed by atoms with Crippen molar-refractivity contribution in [3.8, 4) is 5.75 Å². The van der Waals surface area contributed by atoms with Crippen LogP contribution in [0.1, 0.15) is 5.56 Å². The second-order valence-corrected chi connectivity index (χ2v) is 6.95. The third-order valence-corrected chi connectivity index (χ3v) is 5.56. The van der Waals surface area contributed by atoms with E-state index in [-0.39, 0.29) is 5.75 Å². The minimum Gasteiger partial charge on any atom is -0.406 e. The van der Waals surface area contributed by atoms with Gasteiger partial charge in [-0.3, -0.25) is 0 Å². The molecule has 1 aliphatic rings. The first-order chi connectivity index (χ1) is 9.53. The molecule has 1 saturated heterocycles. The van der Waals surface area contributed by atoms with Crippen LogP contribution in [0.5, 0.6) is 5.75 Å². The minimum atomic E-state index is -4.64. The zero-order valence-corrected chi connectivity index (χ0v) is 12.4. The molecule has 0 saturated carbocycles. The van der Waals surface area contributed by atoms with E-state index in [1.165, 1.54) is 23.6 Å². The average Bonchev–Trinajstić information content (AvgIpc) is 2.38. The van der Waals surface area contributed by atoms with Crippen LogP contribution in [0.15, 0.2) is 24.3 Å². The van der Waals surface area contributed by atoms with Crippen LogP contribution in [0.25, 0.3) is 0 Å².